The highest BCUT2D eigenvalue weighted by atomic mass is 35.5. The van der Waals surface area contributed by atoms with Crippen LogP contribution >= 0.6 is 22.9 Å². The van der Waals surface area contributed by atoms with E-state index in [-0.39, 0.29) is 31.0 Å². The summed E-state index contributed by atoms with van der Waals surface area (Å²) in [4.78, 5) is 29.6. The minimum atomic E-state index is -0.326. The molecule has 25 heavy (non-hydrogen) atoms. The summed E-state index contributed by atoms with van der Waals surface area (Å²) in [6.45, 7) is 0.140. The van der Waals surface area contributed by atoms with E-state index in [4.69, 9.17) is 16.9 Å². The molecule has 3 rings (SSSR count). The molecule has 6 nitrogen and oxygen atoms in total. The maximum Gasteiger partial charge on any atom is 0.271 e. The van der Waals surface area contributed by atoms with Gasteiger partial charge in [0.15, 0.2) is 0 Å². The number of amides is 1. The van der Waals surface area contributed by atoms with E-state index in [2.05, 4.69) is 10.3 Å². The predicted molar refractivity (Wildman–Crippen MR) is 97.6 cm³/mol. The van der Waals surface area contributed by atoms with E-state index in [0.717, 1.165) is 10.4 Å². The molecule has 0 radical (unpaired) electrons. The van der Waals surface area contributed by atoms with Crippen molar-refractivity contribution >= 4 is 39.1 Å². The minimum absolute atomic E-state index is 0.124. The van der Waals surface area contributed by atoms with Crippen molar-refractivity contribution in [3.63, 3.8) is 0 Å². The fraction of sp³-hybridized carbons (Fsp3) is 0.176. The number of carbonyl (C=O) groups excluding carboxylic acids is 1. The summed E-state index contributed by atoms with van der Waals surface area (Å²) < 4.78 is 1.77. The van der Waals surface area contributed by atoms with Crippen LogP contribution < -0.4 is 10.9 Å². The zero-order chi connectivity index (χ0) is 17.8. The Morgan fingerprint density at radius 2 is 2.12 bits per heavy atom. The number of hydrogen-bond donors (Lipinski definition) is 1. The number of nitriles is 1. The number of carbonyl (C=O) groups is 1. The van der Waals surface area contributed by atoms with Crippen LogP contribution in [0.25, 0.3) is 20.7 Å². The van der Waals surface area contributed by atoms with Gasteiger partial charge in [-0.3, -0.25) is 14.2 Å². The van der Waals surface area contributed by atoms with E-state index < -0.39 is 0 Å². The molecule has 8 heteroatoms. The Kier molecular flexibility index (Phi) is 5.12. The van der Waals surface area contributed by atoms with Crippen molar-refractivity contribution in [1.29, 1.82) is 5.26 Å². The number of fused-ring (bicyclic) bond motifs is 1. The second kappa shape index (κ2) is 7.47. The van der Waals surface area contributed by atoms with Crippen molar-refractivity contribution in [2.24, 2.45) is 0 Å². The third-order valence-electron chi connectivity index (χ3n) is 3.51. The molecule has 0 bridgehead atoms. The summed E-state index contributed by atoms with van der Waals surface area (Å²) in [6, 6.07) is 11.1. The summed E-state index contributed by atoms with van der Waals surface area (Å²) >= 11 is 7.23. The first-order chi connectivity index (χ1) is 12.1. The standard InChI is InChI=1S/C17H13ClN4O2S/c18-12-4-2-11(3-5-12)14-8-13-16(25-14)17(24)22(10-21-13)9-15(23)20-7-1-6-19/h2-5,8,10H,1,7,9H2,(H,20,23). The van der Waals surface area contributed by atoms with Gasteiger partial charge >= 0.3 is 0 Å². The monoisotopic (exact) mass is 372 g/mol. The van der Waals surface area contributed by atoms with Gasteiger partial charge < -0.3 is 5.32 Å². The van der Waals surface area contributed by atoms with Gasteiger partial charge in [-0.1, -0.05) is 23.7 Å². The van der Waals surface area contributed by atoms with Crippen LogP contribution in [0.4, 0.5) is 0 Å². The summed E-state index contributed by atoms with van der Waals surface area (Å²) in [7, 11) is 0. The van der Waals surface area contributed by atoms with Gasteiger partial charge in [-0.2, -0.15) is 5.26 Å². The fourth-order valence-electron chi connectivity index (χ4n) is 2.28. The highest BCUT2D eigenvalue weighted by Gasteiger charge is 2.12. The number of hydrogen-bond acceptors (Lipinski definition) is 5. The van der Waals surface area contributed by atoms with E-state index >= 15 is 0 Å². The molecule has 3 aromatic rings. The number of rotatable bonds is 5. The largest absolute Gasteiger partial charge is 0.354 e. The smallest absolute Gasteiger partial charge is 0.271 e. The van der Waals surface area contributed by atoms with Crippen molar-refractivity contribution in [1.82, 2.24) is 14.9 Å². The zero-order valence-electron chi connectivity index (χ0n) is 13.0. The summed E-state index contributed by atoms with van der Waals surface area (Å²) in [5, 5.41) is 11.7. The Bertz CT molecular complexity index is 1020. The lowest BCUT2D eigenvalue weighted by atomic mass is 10.2. The molecule has 0 saturated carbocycles. The van der Waals surface area contributed by atoms with E-state index in [1.807, 2.05) is 24.3 Å². The van der Waals surface area contributed by atoms with Gasteiger partial charge in [0.2, 0.25) is 5.91 Å². The van der Waals surface area contributed by atoms with Crippen LogP contribution in [-0.2, 0) is 11.3 Å². The normalized spacial score (nSPS) is 10.6. The van der Waals surface area contributed by atoms with Crippen molar-refractivity contribution in [2.45, 2.75) is 13.0 Å². The van der Waals surface area contributed by atoms with Gasteiger partial charge in [0, 0.05) is 16.4 Å². The second-order valence-electron chi connectivity index (χ2n) is 5.27. The molecule has 0 saturated heterocycles. The van der Waals surface area contributed by atoms with Gasteiger partial charge in [0.25, 0.3) is 5.56 Å². The molecule has 0 aliphatic carbocycles. The van der Waals surface area contributed by atoms with Crippen LogP contribution in [0.1, 0.15) is 6.42 Å². The van der Waals surface area contributed by atoms with Gasteiger partial charge in [-0.15, -0.1) is 11.3 Å². The van der Waals surface area contributed by atoms with E-state index in [1.165, 1.54) is 22.2 Å². The lowest BCUT2D eigenvalue weighted by Crippen LogP contribution is -2.32. The van der Waals surface area contributed by atoms with Crippen LogP contribution in [-0.4, -0.2) is 22.0 Å². The molecule has 1 aromatic carbocycles. The number of thiophene rings is 1. The third kappa shape index (κ3) is 3.87. The first kappa shape index (κ1) is 17.1. The molecule has 2 aromatic heterocycles. The van der Waals surface area contributed by atoms with Crippen LogP contribution in [0, 0.1) is 11.3 Å². The quantitative estimate of drug-likeness (QED) is 0.697. The second-order valence-corrected chi connectivity index (χ2v) is 6.76. The van der Waals surface area contributed by atoms with Crippen LogP contribution in [0.3, 0.4) is 0 Å². The number of nitrogens with one attached hydrogen (secondary N) is 1. The Morgan fingerprint density at radius 3 is 2.84 bits per heavy atom. The summed E-state index contributed by atoms with van der Waals surface area (Å²) in [5.41, 5.74) is 1.29. The average Bonchev–Trinajstić information content (AvgIpc) is 3.03. The van der Waals surface area contributed by atoms with Crippen molar-refractivity contribution in [3.8, 4) is 16.5 Å². The number of aromatic nitrogens is 2. The fourth-order valence-corrected chi connectivity index (χ4v) is 3.47. The Hall–Kier alpha value is -2.69. The van der Waals surface area contributed by atoms with Crippen molar-refractivity contribution < 1.29 is 4.79 Å². The molecule has 126 valence electrons. The summed E-state index contributed by atoms with van der Waals surface area (Å²) in [5.74, 6) is -0.326. The van der Waals surface area contributed by atoms with Gasteiger partial charge in [0.1, 0.15) is 11.2 Å². The van der Waals surface area contributed by atoms with Crippen molar-refractivity contribution in [2.75, 3.05) is 6.54 Å². The maximum atomic E-state index is 12.6. The van der Waals surface area contributed by atoms with E-state index in [1.54, 1.807) is 12.1 Å². The molecule has 0 unspecified atom stereocenters. The Balaban J connectivity index is 1.87. The first-order valence-corrected chi connectivity index (χ1v) is 8.66. The summed E-state index contributed by atoms with van der Waals surface area (Å²) in [6.07, 6.45) is 1.60. The van der Waals surface area contributed by atoms with E-state index in [9.17, 15) is 9.59 Å². The van der Waals surface area contributed by atoms with Crippen LogP contribution in [0.5, 0.6) is 0 Å². The first-order valence-electron chi connectivity index (χ1n) is 7.47. The molecule has 0 aliphatic rings. The molecule has 2 heterocycles. The average molecular weight is 373 g/mol. The molecule has 0 spiro atoms. The molecule has 0 aliphatic heterocycles. The van der Waals surface area contributed by atoms with Gasteiger partial charge in [-0.05, 0) is 23.8 Å². The molecular weight excluding hydrogens is 360 g/mol. The van der Waals surface area contributed by atoms with Crippen LogP contribution in [0.15, 0.2) is 41.5 Å². The van der Waals surface area contributed by atoms with Crippen molar-refractivity contribution in [3.05, 3.63) is 52.0 Å². The molecule has 0 fully saturated rings. The number of nitrogens with zero attached hydrogens (tertiary/aromatic N) is 3. The highest BCUT2D eigenvalue weighted by Crippen LogP contribution is 2.31. The number of benzene rings is 1. The highest BCUT2D eigenvalue weighted by molar-refractivity contribution is 7.22. The maximum absolute atomic E-state index is 12.6. The van der Waals surface area contributed by atoms with Gasteiger partial charge in [-0.25, -0.2) is 4.98 Å². The lowest BCUT2D eigenvalue weighted by molar-refractivity contribution is -0.121. The minimum Gasteiger partial charge on any atom is -0.354 e. The molecular formula is C17H13ClN4O2S. The Labute approximate surface area is 152 Å². The molecule has 0 atom stereocenters. The predicted octanol–water partition coefficient (Wildman–Crippen LogP) is 2.81. The van der Waals surface area contributed by atoms with Gasteiger partial charge in [0.05, 0.1) is 24.3 Å². The molecule has 1 amide bonds. The SMILES string of the molecule is N#CCCNC(=O)Cn1cnc2cc(-c3ccc(Cl)cc3)sc2c1=O. The Morgan fingerprint density at radius 1 is 1.36 bits per heavy atom. The third-order valence-corrected chi connectivity index (χ3v) is 4.92. The number of halogens is 1. The van der Waals surface area contributed by atoms with Crippen LogP contribution in [0.2, 0.25) is 5.02 Å². The topological polar surface area (TPSA) is 87.8 Å². The van der Waals surface area contributed by atoms with E-state index in [0.29, 0.717) is 15.2 Å². The zero-order valence-corrected chi connectivity index (χ0v) is 14.6. The lowest BCUT2D eigenvalue weighted by Gasteiger charge is -2.05. The molecule has 1 N–H and O–H groups in total.